The summed E-state index contributed by atoms with van der Waals surface area (Å²) in [6.07, 6.45) is 1.64. The third-order valence-corrected chi connectivity index (χ3v) is 7.54. The average molecular weight is 472 g/mol. The maximum absolute atomic E-state index is 12.8. The van der Waals surface area contributed by atoms with E-state index >= 15 is 0 Å². The number of aryl methyl sites for hydroxylation is 1. The summed E-state index contributed by atoms with van der Waals surface area (Å²) in [5, 5.41) is 12.2. The second-order valence-electron chi connectivity index (χ2n) is 6.50. The van der Waals surface area contributed by atoms with Crippen LogP contribution in [0.25, 0.3) is 26.3 Å². The number of hydrogen-bond donors (Lipinski definition) is 1. The molecule has 0 amide bonds. The molecule has 0 aliphatic rings. The van der Waals surface area contributed by atoms with Crippen LogP contribution < -0.4 is 5.56 Å². The molecule has 0 unspecified atom stereocenters. The molecule has 0 radical (unpaired) electrons. The predicted molar refractivity (Wildman–Crippen MR) is 124 cm³/mol. The molecule has 30 heavy (non-hydrogen) atoms. The van der Waals surface area contributed by atoms with Crippen LogP contribution in [0.5, 0.6) is 0 Å². The van der Waals surface area contributed by atoms with E-state index in [0.29, 0.717) is 27.1 Å². The second-order valence-corrected chi connectivity index (χ2v) is 10.0. The van der Waals surface area contributed by atoms with Gasteiger partial charge in [0.1, 0.15) is 17.0 Å². The summed E-state index contributed by atoms with van der Waals surface area (Å²) in [5.74, 6) is 1.07. The van der Waals surface area contributed by atoms with Crippen LogP contribution in [0.4, 0.5) is 0 Å². The molecule has 5 aromatic rings. The minimum absolute atomic E-state index is 0.116. The van der Waals surface area contributed by atoms with Crippen LogP contribution in [0.2, 0.25) is 5.02 Å². The van der Waals surface area contributed by atoms with E-state index in [4.69, 9.17) is 11.6 Å². The number of aromatic nitrogens is 5. The Morgan fingerprint density at radius 2 is 2.17 bits per heavy atom. The number of thioether (sulfide) groups is 1. The normalized spacial score (nSPS) is 11.4. The lowest BCUT2D eigenvalue weighted by molar-refractivity contribution is 0.881. The fraction of sp³-hybridized carbons (Fsp3) is 0.100. The summed E-state index contributed by atoms with van der Waals surface area (Å²) in [6.45, 7) is 2.06. The molecule has 0 saturated heterocycles. The van der Waals surface area contributed by atoms with Gasteiger partial charge in [0.25, 0.3) is 5.56 Å². The van der Waals surface area contributed by atoms with Crippen LogP contribution in [0.1, 0.15) is 10.7 Å². The number of hydrogen-bond acceptors (Lipinski definition) is 7. The highest BCUT2D eigenvalue weighted by Crippen LogP contribution is 2.35. The van der Waals surface area contributed by atoms with Gasteiger partial charge in [-0.1, -0.05) is 29.4 Å². The number of halogens is 1. The number of benzene rings is 1. The van der Waals surface area contributed by atoms with Gasteiger partial charge in [-0.2, -0.15) is 0 Å². The number of nitrogens with one attached hydrogen (secondary N) is 1. The van der Waals surface area contributed by atoms with Crippen molar-refractivity contribution in [3.05, 3.63) is 74.2 Å². The molecule has 0 aliphatic heterocycles. The summed E-state index contributed by atoms with van der Waals surface area (Å²) in [4.78, 5) is 23.5. The highest BCUT2D eigenvalue weighted by molar-refractivity contribution is 7.98. The number of H-pyrrole nitrogens is 1. The molecular weight excluding hydrogens is 458 g/mol. The summed E-state index contributed by atoms with van der Waals surface area (Å²) in [5.41, 5.74) is 1.71. The van der Waals surface area contributed by atoms with E-state index in [1.807, 2.05) is 40.3 Å². The van der Waals surface area contributed by atoms with Crippen LogP contribution in [0.15, 0.2) is 58.1 Å². The Labute approximate surface area is 188 Å². The van der Waals surface area contributed by atoms with E-state index in [0.717, 1.165) is 21.0 Å². The molecule has 0 aliphatic carbocycles. The first-order chi connectivity index (χ1) is 14.6. The van der Waals surface area contributed by atoms with Crippen molar-refractivity contribution in [2.45, 2.75) is 17.8 Å². The zero-order valence-electron chi connectivity index (χ0n) is 15.6. The molecule has 4 heterocycles. The van der Waals surface area contributed by atoms with Gasteiger partial charge >= 0.3 is 0 Å². The summed E-state index contributed by atoms with van der Waals surface area (Å²) in [7, 11) is 0. The number of rotatable bonds is 5. The highest BCUT2D eigenvalue weighted by atomic mass is 35.5. The molecule has 5 rings (SSSR count). The molecular formula is C20H14ClN5OS3. The molecule has 0 bridgehead atoms. The quantitative estimate of drug-likeness (QED) is 0.340. The first-order valence-electron chi connectivity index (χ1n) is 8.94. The lowest BCUT2D eigenvalue weighted by atomic mass is 10.2. The Kier molecular flexibility index (Phi) is 5.20. The van der Waals surface area contributed by atoms with Crippen molar-refractivity contribution in [1.29, 1.82) is 0 Å². The largest absolute Gasteiger partial charge is 0.309 e. The van der Waals surface area contributed by atoms with Gasteiger partial charge in [0, 0.05) is 25.7 Å². The lowest BCUT2D eigenvalue weighted by Gasteiger charge is -2.06. The van der Waals surface area contributed by atoms with Crippen LogP contribution in [0.3, 0.4) is 0 Å². The minimum Gasteiger partial charge on any atom is -0.309 e. The molecule has 4 aromatic heterocycles. The zero-order valence-corrected chi connectivity index (χ0v) is 18.8. The van der Waals surface area contributed by atoms with Crippen LogP contribution in [0, 0.1) is 6.92 Å². The number of fused-ring (bicyclic) bond motifs is 1. The lowest BCUT2D eigenvalue weighted by Crippen LogP contribution is -2.10. The third kappa shape index (κ3) is 3.69. The Balaban J connectivity index is 1.43. The van der Waals surface area contributed by atoms with Crippen LogP contribution >= 0.6 is 46.0 Å². The predicted octanol–water partition coefficient (Wildman–Crippen LogP) is 5.55. The minimum atomic E-state index is -0.116. The van der Waals surface area contributed by atoms with Crippen molar-refractivity contribution in [2.75, 3.05) is 0 Å². The number of aromatic amines is 1. The molecule has 1 N–H and O–H groups in total. The molecule has 6 nitrogen and oxygen atoms in total. The molecule has 0 atom stereocenters. The van der Waals surface area contributed by atoms with Crippen molar-refractivity contribution < 1.29 is 0 Å². The Morgan fingerprint density at radius 3 is 2.97 bits per heavy atom. The fourth-order valence-electron chi connectivity index (χ4n) is 3.08. The van der Waals surface area contributed by atoms with Crippen LogP contribution in [-0.4, -0.2) is 24.7 Å². The fourth-order valence-corrected chi connectivity index (χ4v) is 5.99. The Hall–Kier alpha value is -2.46. The van der Waals surface area contributed by atoms with Crippen LogP contribution in [-0.2, 0) is 5.75 Å². The topological polar surface area (TPSA) is 76.5 Å². The summed E-state index contributed by atoms with van der Waals surface area (Å²) in [6, 6.07) is 11.6. The van der Waals surface area contributed by atoms with Crippen molar-refractivity contribution in [3.63, 3.8) is 0 Å². The second kappa shape index (κ2) is 7.99. The van der Waals surface area contributed by atoms with E-state index in [1.54, 1.807) is 17.7 Å². The van der Waals surface area contributed by atoms with Gasteiger partial charge in [0.15, 0.2) is 5.16 Å². The summed E-state index contributed by atoms with van der Waals surface area (Å²) >= 11 is 10.7. The van der Waals surface area contributed by atoms with Gasteiger partial charge in [0.05, 0.1) is 16.8 Å². The van der Waals surface area contributed by atoms with E-state index in [9.17, 15) is 4.79 Å². The number of thiophene rings is 2. The van der Waals surface area contributed by atoms with Gasteiger partial charge in [-0.25, -0.2) is 4.98 Å². The third-order valence-electron chi connectivity index (χ3n) is 4.44. The monoisotopic (exact) mass is 471 g/mol. The number of nitrogens with zero attached hydrogens (tertiary/aromatic N) is 4. The highest BCUT2D eigenvalue weighted by Gasteiger charge is 2.15. The van der Waals surface area contributed by atoms with Gasteiger partial charge in [0.2, 0.25) is 0 Å². The first-order valence-corrected chi connectivity index (χ1v) is 12.0. The molecule has 0 saturated carbocycles. The van der Waals surface area contributed by atoms with E-state index in [-0.39, 0.29) is 5.56 Å². The van der Waals surface area contributed by atoms with E-state index in [2.05, 4.69) is 33.2 Å². The van der Waals surface area contributed by atoms with E-state index in [1.165, 1.54) is 28.0 Å². The van der Waals surface area contributed by atoms with E-state index < -0.39 is 0 Å². The molecule has 1 aromatic carbocycles. The maximum Gasteiger partial charge on any atom is 0.260 e. The smallest absolute Gasteiger partial charge is 0.260 e. The standard InChI is InChI=1S/C20H14ClN5OS3/c1-11-5-6-15(30-11)14-8-28-19-17(14)18(27)23-16(24-19)9-29-20-25-22-10-26(20)13-4-2-3-12(21)7-13/h2-8,10H,9H2,1H3,(H,23,24,27). The van der Waals surface area contributed by atoms with Gasteiger partial charge in [-0.3, -0.25) is 9.36 Å². The Bertz CT molecular complexity index is 1420. The van der Waals surface area contributed by atoms with Crippen molar-refractivity contribution in [2.24, 2.45) is 0 Å². The molecule has 150 valence electrons. The zero-order chi connectivity index (χ0) is 20.7. The SMILES string of the molecule is Cc1ccc(-c2csc3nc(CSc4nncn4-c4cccc(Cl)c4)[nH]c(=O)c23)s1. The molecule has 0 fully saturated rings. The summed E-state index contributed by atoms with van der Waals surface area (Å²) < 4.78 is 1.86. The van der Waals surface area contributed by atoms with Gasteiger partial charge in [-0.05, 0) is 37.3 Å². The first kappa shape index (κ1) is 19.5. The van der Waals surface area contributed by atoms with Gasteiger partial charge < -0.3 is 4.98 Å². The molecule has 10 heteroatoms. The van der Waals surface area contributed by atoms with Gasteiger partial charge in [-0.15, -0.1) is 32.9 Å². The average Bonchev–Trinajstić information content (AvgIpc) is 3.45. The van der Waals surface area contributed by atoms with Crippen molar-refractivity contribution in [3.8, 4) is 16.1 Å². The Morgan fingerprint density at radius 1 is 1.27 bits per heavy atom. The molecule has 0 spiro atoms. The van der Waals surface area contributed by atoms with Crippen molar-refractivity contribution in [1.82, 2.24) is 24.7 Å². The van der Waals surface area contributed by atoms with Crippen molar-refractivity contribution >= 4 is 56.3 Å². The maximum atomic E-state index is 12.8.